The molecule has 0 aliphatic heterocycles. The molecule has 92 valence electrons. The highest BCUT2D eigenvalue weighted by molar-refractivity contribution is 5.64. The van der Waals surface area contributed by atoms with Crippen molar-refractivity contribution in [2.75, 3.05) is 0 Å². The van der Waals surface area contributed by atoms with Crippen molar-refractivity contribution in [3.8, 4) is 0 Å². The molecule has 0 atom stereocenters. The minimum Gasteiger partial charge on any atom is -0.385 e. The Kier molecular flexibility index (Phi) is 3.68. The molecular weight excluding hydrogens is 208 g/mol. The van der Waals surface area contributed by atoms with Gasteiger partial charge in [-0.2, -0.15) is 0 Å². The van der Waals surface area contributed by atoms with E-state index in [9.17, 15) is 5.11 Å². The van der Waals surface area contributed by atoms with Gasteiger partial charge >= 0.3 is 0 Å². The van der Waals surface area contributed by atoms with Crippen molar-refractivity contribution in [2.45, 2.75) is 51.6 Å². The molecule has 0 spiro atoms. The van der Waals surface area contributed by atoms with E-state index in [0.717, 1.165) is 31.2 Å². The van der Waals surface area contributed by atoms with Crippen molar-refractivity contribution in [3.05, 3.63) is 41.5 Å². The second-order valence-electron chi connectivity index (χ2n) is 5.14. The van der Waals surface area contributed by atoms with Crippen LogP contribution in [0.1, 0.15) is 57.1 Å². The summed E-state index contributed by atoms with van der Waals surface area (Å²) in [7, 11) is 0. The largest absolute Gasteiger partial charge is 0.385 e. The van der Waals surface area contributed by atoms with Gasteiger partial charge in [-0.15, -0.1) is 0 Å². The number of hydrogen-bond donors (Lipinski definition) is 1. The van der Waals surface area contributed by atoms with Gasteiger partial charge in [-0.25, -0.2) is 0 Å². The van der Waals surface area contributed by atoms with E-state index in [-0.39, 0.29) is 0 Å². The van der Waals surface area contributed by atoms with Gasteiger partial charge in [0.05, 0.1) is 5.60 Å². The number of rotatable bonds is 2. The van der Waals surface area contributed by atoms with Crippen LogP contribution in [-0.2, 0) is 5.60 Å². The van der Waals surface area contributed by atoms with Crippen LogP contribution in [0.2, 0.25) is 0 Å². The predicted molar refractivity (Wildman–Crippen MR) is 72.7 cm³/mol. The Balaban J connectivity index is 2.32. The molecule has 1 saturated carbocycles. The smallest absolute Gasteiger partial charge is 0.0896 e. The first-order chi connectivity index (χ1) is 8.15. The van der Waals surface area contributed by atoms with E-state index in [0.29, 0.717) is 0 Å². The monoisotopic (exact) mass is 230 g/mol. The fourth-order valence-electron chi connectivity index (χ4n) is 2.65. The topological polar surface area (TPSA) is 20.2 Å². The Morgan fingerprint density at radius 1 is 1.24 bits per heavy atom. The number of benzene rings is 1. The summed E-state index contributed by atoms with van der Waals surface area (Å²) < 4.78 is 0. The van der Waals surface area contributed by atoms with Gasteiger partial charge < -0.3 is 5.11 Å². The van der Waals surface area contributed by atoms with E-state index in [2.05, 4.69) is 44.2 Å². The molecule has 1 aliphatic rings. The molecule has 2 rings (SSSR count). The molecule has 0 unspecified atom stereocenters. The van der Waals surface area contributed by atoms with E-state index >= 15 is 0 Å². The van der Waals surface area contributed by atoms with Crippen molar-refractivity contribution in [1.82, 2.24) is 0 Å². The first-order valence-corrected chi connectivity index (χ1v) is 6.62. The van der Waals surface area contributed by atoms with Crippen LogP contribution in [0.25, 0.3) is 5.57 Å². The highest BCUT2D eigenvalue weighted by Crippen LogP contribution is 2.37. The Morgan fingerprint density at radius 3 is 2.59 bits per heavy atom. The zero-order chi connectivity index (χ0) is 12.3. The van der Waals surface area contributed by atoms with Crippen LogP contribution in [0.15, 0.2) is 30.3 Å². The summed E-state index contributed by atoms with van der Waals surface area (Å²) in [6.07, 6.45) is 7.48. The van der Waals surface area contributed by atoms with Gasteiger partial charge in [0.2, 0.25) is 0 Å². The predicted octanol–water partition coefficient (Wildman–Crippen LogP) is 4.26. The summed E-state index contributed by atoms with van der Waals surface area (Å²) in [5.74, 6) is 0. The van der Waals surface area contributed by atoms with Crippen molar-refractivity contribution in [3.63, 3.8) is 0 Å². The maximum atomic E-state index is 10.7. The molecule has 1 fully saturated rings. The van der Waals surface area contributed by atoms with E-state index in [1.165, 1.54) is 17.6 Å². The number of hydrogen-bond acceptors (Lipinski definition) is 1. The summed E-state index contributed by atoms with van der Waals surface area (Å²) in [4.78, 5) is 0. The van der Waals surface area contributed by atoms with Gasteiger partial charge in [0.15, 0.2) is 0 Å². The average molecular weight is 230 g/mol. The van der Waals surface area contributed by atoms with Gasteiger partial charge in [0.25, 0.3) is 0 Å². The first kappa shape index (κ1) is 12.4. The van der Waals surface area contributed by atoms with Crippen LogP contribution in [0.5, 0.6) is 0 Å². The third-order valence-electron chi connectivity index (χ3n) is 3.97. The van der Waals surface area contributed by atoms with Crippen molar-refractivity contribution in [1.29, 1.82) is 0 Å². The SMILES string of the molecule is CC=C(C)c1cccc(C2(O)CCCCC2)c1. The van der Waals surface area contributed by atoms with Crippen LogP contribution < -0.4 is 0 Å². The molecule has 0 saturated heterocycles. The Morgan fingerprint density at radius 2 is 1.94 bits per heavy atom. The van der Waals surface area contributed by atoms with Crippen LogP contribution >= 0.6 is 0 Å². The Labute approximate surface area is 104 Å². The molecule has 1 aliphatic carbocycles. The molecule has 1 nitrogen and oxygen atoms in total. The van der Waals surface area contributed by atoms with Gasteiger partial charge in [-0.1, -0.05) is 43.5 Å². The molecule has 0 aromatic heterocycles. The highest BCUT2D eigenvalue weighted by Gasteiger charge is 2.31. The average Bonchev–Trinajstić information content (AvgIpc) is 2.39. The van der Waals surface area contributed by atoms with E-state index in [4.69, 9.17) is 0 Å². The Bertz CT molecular complexity index is 411. The molecule has 0 amide bonds. The maximum absolute atomic E-state index is 10.7. The lowest BCUT2D eigenvalue weighted by Crippen LogP contribution is -2.28. The summed E-state index contributed by atoms with van der Waals surface area (Å²) in [5, 5.41) is 10.7. The van der Waals surface area contributed by atoms with Crippen LogP contribution in [0.3, 0.4) is 0 Å². The fourth-order valence-corrected chi connectivity index (χ4v) is 2.65. The second-order valence-corrected chi connectivity index (χ2v) is 5.14. The molecule has 0 bridgehead atoms. The summed E-state index contributed by atoms with van der Waals surface area (Å²) in [6.45, 7) is 4.17. The van der Waals surface area contributed by atoms with Crippen molar-refractivity contribution < 1.29 is 5.11 Å². The van der Waals surface area contributed by atoms with Gasteiger partial charge in [-0.05, 0) is 49.5 Å². The highest BCUT2D eigenvalue weighted by atomic mass is 16.3. The summed E-state index contributed by atoms with van der Waals surface area (Å²) >= 11 is 0. The summed E-state index contributed by atoms with van der Waals surface area (Å²) in [6, 6.07) is 8.40. The lowest BCUT2D eigenvalue weighted by Gasteiger charge is -2.32. The molecule has 1 aromatic carbocycles. The fraction of sp³-hybridized carbons (Fsp3) is 0.500. The lowest BCUT2D eigenvalue weighted by atomic mass is 9.79. The standard InChI is InChI=1S/C16H22O/c1-3-13(2)14-8-7-9-15(12-14)16(17)10-5-4-6-11-16/h3,7-9,12,17H,4-6,10-11H2,1-2H3. The molecule has 0 heterocycles. The van der Waals surface area contributed by atoms with Gasteiger partial charge in [0.1, 0.15) is 0 Å². The van der Waals surface area contributed by atoms with Crippen molar-refractivity contribution >= 4 is 5.57 Å². The third-order valence-corrected chi connectivity index (χ3v) is 3.97. The van der Waals surface area contributed by atoms with Crippen molar-refractivity contribution in [2.24, 2.45) is 0 Å². The second kappa shape index (κ2) is 5.05. The number of allylic oxidation sites excluding steroid dienone is 2. The van der Waals surface area contributed by atoms with E-state index in [1.54, 1.807) is 0 Å². The van der Waals surface area contributed by atoms with Crippen LogP contribution in [0, 0.1) is 0 Å². The zero-order valence-corrected chi connectivity index (χ0v) is 10.9. The lowest BCUT2D eigenvalue weighted by molar-refractivity contribution is -0.000642. The molecular formula is C16H22O. The van der Waals surface area contributed by atoms with Crippen LogP contribution in [0.4, 0.5) is 0 Å². The quantitative estimate of drug-likeness (QED) is 0.804. The van der Waals surface area contributed by atoms with E-state index in [1.807, 2.05) is 0 Å². The molecule has 17 heavy (non-hydrogen) atoms. The molecule has 0 radical (unpaired) electrons. The molecule has 1 heteroatoms. The first-order valence-electron chi connectivity index (χ1n) is 6.62. The van der Waals surface area contributed by atoms with E-state index < -0.39 is 5.60 Å². The maximum Gasteiger partial charge on any atom is 0.0896 e. The minimum absolute atomic E-state index is 0.581. The normalized spacial score (nSPS) is 20.3. The number of aliphatic hydroxyl groups is 1. The van der Waals surface area contributed by atoms with Gasteiger partial charge in [0, 0.05) is 0 Å². The minimum atomic E-state index is -0.581. The zero-order valence-electron chi connectivity index (χ0n) is 10.9. The summed E-state index contributed by atoms with van der Waals surface area (Å²) in [5.41, 5.74) is 3.01. The molecule has 1 aromatic rings. The molecule has 1 N–H and O–H groups in total. The van der Waals surface area contributed by atoms with Crippen LogP contribution in [-0.4, -0.2) is 5.11 Å². The van der Waals surface area contributed by atoms with Gasteiger partial charge in [-0.3, -0.25) is 0 Å². The third kappa shape index (κ3) is 2.61. The Hall–Kier alpha value is -1.08.